The first-order valence-electron chi connectivity index (χ1n) is 18.2. The summed E-state index contributed by atoms with van der Waals surface area (Å²) in [5.74, 6) is 1.96. The van der Waals surface area contributed by atoms with Crippen LogP contribution in [0, 0.1) is 17.8 Å². The zero-order valence-electron chi connectivity index (χ0n) is 31.3. The first-order chi connectivity index (χ1) is 23.0. The molecule has 0 aromatic carbocycles. The van der Waals surface area contributed by atoms with Crippen LogP contribution in [0.25, 0.3) is 6.08 Å². The molecule has 49 heavy (non-hydrogen) atoms. The first-order valence-corrected chi connectivity index (χ1v) is 23.6. The van der Waals surface area contributed by atoms with Crippen molar-refractivity contribution in [2.24, 2.45) is 17.8 Å². The maximum absolute atomic E-state index is 7.01. The monoisotopic (exact) mass is 845 g/mol. The molecule has 3 aliphatic rings. The molecule has 0 aliphatic carbocycles. The van der Waals surface area contributed by atoms with Crippen molar-refractivity contribution in [2.75, 3.05) is 6.61 Å². The first kappa shape index (κ1) is 41.8. The van der Waals surface area contributed by atoms with Crippen molar-refractivity contribution < 1.29 is 27.7 Å². The van der Waals surface area contributed by atoms with Crippen LogP contribution in [0.2, 0.25) is 18.1 Å². The van der Waals surface area contributed by atoms with Crippen molar-refractivity contribution >= 4 is 64.5 Å². The van der Waals surface area contributed by atoms with Crippen LogP contribution in [0.15, 0.2) is 38.6 Å². The highest BCUT2D eigenvalue weighted by Gasteiger charge is 2.43. The molecule has 0 bridgehead atoms. The van der Waals surface area contributed by atoms with Crippen molar-refractivity contribution in [3.05, 3.63) is 45.7 Å². The average Bonchev–Trinajstić information content (AvgIpc) is 3.48. The van der Waals surface area contributed by atoms with Crippen molar-refractivity contribution in [3.63, 3.8) is 0 Å². The van der Waals surface area contributed by atoms with E-state index in [1.807, 2.05) is 6.08 Å². The van der Waals surface area contributed by atoms with Gasteiger partial charge in [0, 0.05) is 19.4 Å². The van der Waals surface area contributed by atoms with Gasteiger partial charge in [0.2, 0.25) is 5.89 Å². The molecule has 1 unspecified atom stereocenters. The highest BCUT2D eigenvalue weighted by atomic mass is 127. The van der Waals surface area contributed by atoms with Gasteiger partial charge >= 0.3 is 5.91 Å². The molecule has 3 aliphatic heterocycles. The number of nitrogens with zero attached hydrogens (tertiary/aromatic N) is 1. The summed E-state index contributed by atoms with van der Waals surface area (Å²) in [7, 11) is 0.555. The molecule has 0 spiro atoms. The second kappa shape index (κ2) is 18.4. The standard InChI is InChI=1S/C37H62BINO6PSSi/c1-23-16-28(14-15-42-38(47)48)43-29(17-23)18-30-19-31(46-49(9,10)37(6,7)8)20-34(44-30)32-22-41-35(40-32)13-11-12-33-26(4)25(3)27(5)36(45-33)24(2)21-39/h11,13,21-22,25-31,33-34,36,48H,1,12,14-20,47H2,2-10H3/b13-11+,24-21+/t25-,26+,27+,28-,29+,30+,31+,33+,34+,36-/m0/s1. The lowest BCUT2D eigenvalue weighted by atomic mass is 9.74. The summed E-state index contributed by atoms with van der Waals surface area (Å²) in [6.07, 6.45) is 11.9. The SMILES string of the molecule is C=C1C[C@H](C[C@@H]2C[C@@H](O[Si](C)(C)C(C)(C)C)C[C@H](c3coc(/C=C/C[C@H]4O[C@@H](/C(C)=C/I)[C@H](C)[C@@H](C)[C@H]4C)n3)O2)O[C@@H](CCOB(P)S)C1. The second-order valence-electron chi connectivity index (χ2n) is 16.3. The minimum Gasteiger partial charge on any atom is -0.445 e. The Kier molecular flexibility index (Phi) is 15.7. The van der Waals surface area contributed by atoms with Gasteiger partial charge in [-0.2, -0.15) is 12.5 Å². The number of rotatable bonds is 13. The lowest BCUT2D eigenvalue weighted by Gasteiger charge is -2.44. The molecule has 1 aromatic rings. The predicted molar refractivity (Wildman–Crippen MR) is 220 cm³/mol. The van der Waals surface area contributed by atoms with Crippen molar-refractivity contribution in [1.82, 2.24) is 4.98 Å². The largest absolute Gasteiger partial charge is 0.445 e. The van der Waals surface area contributed by atoms with Crippen LogP contribution in [0.3, 0.4) is 0 Å². The quantitative estimate of drug-likeness (QED) is 0.0697. The fourth-order valence-electron chi connectivity index (χ4n) is 7.23. The summed E-state index contributed by atoms with van der Waals surface area (Å²) in [6, 6.07) is 0. The maximum atomic E-state index is 7.01. The van der Waals surface area contributed by atoms with Gasteiger partial charge in [0.1, 0.15) is 18.1 Å². The third-order valence-electron chi connectivity index (χ3n) is 11.5. The molecular weight excluding hydrogens is 783 g/mol. The molecule has 0 radical (unpaired) electrons. The van der Waals surface area contributed by atoms with E-state index >= 15 is 0 Å². The van der Waals surface area contributed by atoms with Gasteiger partial charge in [0.15, 0.2) is 8.32 Å². The van der Waals surface area contributed by atoms with Crippen LogP contribution in [-0.2, 0) is 23.3 Å². The van der Waals surface area contributed by atoms with E-state index in [2.05, 4.69) is 122 Å². The van der Waals surface area contributed by atoms with Gasteiger partial charge in [-0.15, -0.1) is 9.12 Å². The minimum absolute atomic E-state index is 0.0202. The van der Waals surface area contributed by atoms with E-state index in [1.54, 1.807) is 6.26 Å². The van der Waals surface area contributed by atoms with Crippen LogP contribution < -0.4 is 0 Å². The van der Waals surface area contributed by atoms with Crippen molar-refractivity contribution in [3.8, 4) is 0 Å². The van der Waals surface area contributed by atoms with Crippen molar-refractivity contribution in [1.29, 1.82) is 0 Å². The zero-order valence-corrected chi connectivity index (χ0v) is 36.5. The van der Waals surface area contributed by atoms with Gasteiger partial charge in [0.25, 0.3) is 0 Å². The Bertz CT molecular complexity index is 1290. The molecule has 3 fully saturated rings. The van der Waals surface area contributed by atoms with E-state index in [1.165, 1.54) is 11.1 Å². The van der Waals surface area contributed by atoms with Gasteiger partial charge < -0.3 is 27.7 Å². The van der Waals surface area contributed by atoms with E-state index < -0.39 is 8.32 Å². The van der Waals surface area contributed by atoms with Gasteiger partial charge in [-0.1, -0.05) is 82.4 Å². The summed E-state index contributed by atoms with van der Waals surface area (Å²) in [6.45, 7) is 25.7. The smallest absolute Gasteiger partial charge is 0.380 e. The van der Waals surface area contributed by atoms with E-state index in [4.69, 9.17) is 32.7 Å². The number of hydrogen-bond acceptors (Lipinski definition) is 8. The number of ether oxygens (including phenoxy) is 3. The molecule has 7 nitrogen and oxygen atoms in total. The number of oxazole rings is 1. The normalized spacial score (nSPS) is 33.7. The zero-order chi connectivity index (χ0) is 36.1. The third-order valence-corrected chi connectivity index (χ3v) is 17.3. The molecule has 0 saturated carbocycles. The minimum atomic E-state index is -2.00. The summed E-state index contributed by atoms with van der Waals surface area (Å²) >= 11 is 6.63. The number of hydrogen-bond donors (Lipinski definition) is 1. The Labute approximate surface area is 319 Å². The van der Waals surface area contributed by atoms with Gasteiger partial charge in [0.05, 0.1) is 36.6 Å². The summed E-state index contributed by atoms with van der Waals surface area (Å²) in [5.41, 5.74) is 3.35. The van der Waals surface area contributed by atoms with Crippen LogP contribution >= 0.6 is 44.2 Å². The molecule has 1 aromatic heterocycles. The van der Waals surface area contributed by atoms with Crippen molar-refractivity contribution in [2.45, 2.75) is 154 Å². The molecule has 0 amide bonds. The lowest BCUT2D eigenvalue weighted by Crippen LogP contribution is -2.47. The predicted octanol–water partition coefficient (Wildman–Crippen LogP) is 10.4. The number of halogens is 1. The fraction of sp³-hybridized carbons (Fsp3) is 0.757. The molecule has 0 N–H and O–H groups in total. The van der Waals surface area contributed by atoms with Gasteiger partial charge in [-0.25, -0.2) is 4.98 Å². The van der Waals surface area contributed by atoms with Gasteiger partial charge in [-0.3, -0.25) is 0 Å². The molecule has 4 heterocycles. The third kappa shape index (κ3) is 11.8. The van der Waals surface area contributed by atoms with E-state index in [0.29, 0.717) is 30.3 Å². The topological polar surface area (TPSA) is 72.2 Å². The molecule has 11 atom stereocenters. The lowest BCUT2D eigenvalue weighted by molar-refractivity contribution is -0.126. The Morgan fingerprint density at radius 3 is 2.49 bits per heavy atom. The highest BCUT2D eigenvalue weighted by Crippen LogP contribution is 2.43. The van der Waals surface area contributed by atoms with Gasteiger partial charge in [-0.05, 0) is 90.6 Å². The number of aromatic nitrogens is 1. The fourth-order valence-corrected chi connectivity index (χ4v) is 9.21. The van der Waals surface area contributed by atoms with E-state index in [9.17, 15) is 0 Å². The van der Waals surface area contributed by atoms with Crippen LogP contribution in [-0.4, -0.2) is 62.4 Å². The van der Waals surface area contributed by atoms with E-state index in [-0.39, 0.29) is 53.7 Å². The second-order valence-corrected chi connectivity index (χ2v) is 23.4. The Morgan fingerprint density at radius 2 is 1.82 bits per heavy atom. The average molecular weight is 846 g/mol. The highest BCUT2D eigenvalue weighted by molar-refractivity contribution is 14.1. The van der Waals surface area contributed by atoms with E-state index in [0.717, 1.165) is 50.6 Å². The molecule has 276 valence electrons. The Hall–Kier alpha value is 0.0218. The van der Waals surface area contributed by atoms with Crippen LogP contribution in [0.4, 0.5) is 0 Å². The Morgan fingerprint density at radius 1 is 1.10 bits per heavy atom. The van der Waals surface area contributed by atoms with Crippen LogP contribution in [0.5, 0.6) is 0 Å². The summed E-state index contributed by atoms with van der Waals surface area (Å²) < 4.78 is 40.8. The summed E-state index contributed by atoms with van der Waals surface area (Å²) in [4.78, 5) is 4.91. The maximum Gasteiger partial charge on any atom is 0.380 e. The van der Waals surface area contributed by atoms with Crippen LogP contribution in [0.1, 0.15) is 111 Å². The Balaban J connectivity index is 1.44. The number of thiol groups is 1. The molecular formula is C37H62BINO6PSSi. The molecule has 12 heteroatoms. The summed E-state index contributed by atoms with van der Waals surface area (Å²) in [5, 5.41) is 0.116. The molecule has 4 rings (SSSR count). The molecule has 3 saturated heterocycles.